The zero-order valence-corrected chi connectivity index (χ0v) is 12.7. The van der Waals surface area contributed by atoms with Gasteiger partial charge in [-0.05, 0) is 18.1 Å². The van der Waals surface area contributed by atoms with Crippen molar-refractivity contribution in [2.75, 3.05) is 31.5 Å². The number of benzene rings is 1. The van der Waals surface area contributed by atoms with E-state index in [1.807, 2.05) is 49.1 Å². The van der Waals surface area contributed by atoms with Gasteiger partial charge in [0.2, 0.25) is 5.91 Å². The molecule has 0 radical (unpaired) electrons. The minimum absolute atomic E-state index is 0.0999. The van der Waals surface area contributed by atoms with E-state index in [9.17, 15) is 9.59 Å². The maximum absolute atomic E-state index is 12.1. The number of hydrogen-bond acceptors (Lipinski definition) is 2. The molecule has 1 N–H and O–H groups in total. The molecule has 1 aromatic rings. The highest BCUT2D eigenvalue weighted by Crippen LogP contribution is 2.11. The number of hydrogen-bond donors (Lipinski definition) is 1. The monoisotopic (exact) mass is 289 g/mol. The molecule has 114 valence electrons. The zero-order valence-electron chi connectivity index (χ0n) is 12.7. The normalized spacial score (nSPS) is 15.2. The van der Waals surface area contributed by atoms with Crippen LogP contribution >= 0.6 is 0 Å². The molecule has 0 bridgehead atoms. The van der Waals surface area contributed by atoms with Gasteiger partial charge in [0.1, 0.15) is 0 Å². The first kappa shape index (κ1) is 15.4. The Morgan fingerprint density at radius 1 is 1.05 bits per heavy atom. The van der Waals surface area contributed by atoms with E-state index in [0.29, 0.717) is 38.5 Å². The number of anilines is 1. The van der Waals surface area contributed by atoms with Crippen LogP contribution in [0, 0.1) is 5.92 Å². The number of carbonyl (C=O) groups is 2. The Morgan fingerprint density at radius 3 is 2.19 bits per heavy atom. The van der Waals surface area contributed by atoms with E-state index in [0.717, 1.165) is 5.69 Å². The molecule has 1 fully saturated rings. The Kier molecular flexibility index (Phi) is 5.20. The number of nitrogens with one attached hydrogen (secondary N) is 1. The Hall–Kier alpha value is -2.04. The molecule has 1 aromatic carbocycles. The van der Waals surface area contributed by atoms with Gasteiger partial charge < -0.3 is 15.1 Å². The van der Waals surface area contributed by atoms with Crippen LogP contribution in [0.3, 0.4) is 0 Å². The lowest BCUT2D eigenvalue weighted by Gasteiger charge is -2.35. The summed E-state index contributed by atoms with van der Waals surface area (Å²) in [4.78, 5) is 27.7. The van der Waals surface area contributed by atoms with Gasteiger partial charge in [0.05, 0.1) is 0 Å². The van der Waals surface area contributed by atoms with Gasteiger partial charge in [-0.1, -0.05) is 32.0 Å². The maximum atomic E-state index is 12.1. The molecule has 1 aliphatic rings. The summed E-state index contributed by atoms with van der Waals surface area (Å²) in [6.07, 6.45) is 0.580. The van der Waals surface area contributed by atoms with E-state index in [1.54, 1.807) is 4.90 Å². The Labute approximate surface area is 125 Å². The summed E-state index contributed by atoms with van der Waals surface area (Å²) < 4.78 is 0. The molecular formula is C16H23N3O2. The summed E-state index contributed by atoms with van der Waals surface area (Å²) in [6.45, 7) is 6.50. The van der Waals surface area contributed by atoms with Crippen molar-refractivity contribution in [1.29, 1.82) is 0 Å². The predicted molar refractivity (Wildman–Crippen MR) is 83.1 cm³/mol. The fraction of sp³-hybridized carbons (Fsp3) is 0.500. The smallest absolute Gasteiger partial charge is 0.321 e. The number of piperazine rings is 1. The molecule has 3 amide bonds. The second kappa shape index (κ2) is 7.11. The van der Waals surface area contributed by atoms with E-state index < -0.39 is 0 Å². The Balaban J connectivity index is 1.81. The molecule has 1 heterocycles. The van der Waals surface area contributed by atoms with Crippen LogP contribution in [0.15, 0.2) is 30.3 Å². The number of para-hydroxylation sites is 1. The zero-order chi connectivity index (χ0) is 15.2. The summed E-state index contributed by atoms with van der Waals surface area (Å²) in [7, 11) is 0. The van der Waals surface area contributed by atoms with Crippen molar-refractivity contribution in [3.05, 3.63) is 30.3 Å². The maximum Gasteiger partial charge on any atom is 0.321 e. The molecule has 21 heavy (non-hydrogen) atoms. The van der Waals surface area contributed by atoms with E-state index >= 15 is 0 Å². The number of nitrogens with zero attached hydrogens (tertiary/aromatic N) is 2. The molecule has 1 saturated heterocycles. The number of urea groups is 1. The fourth-order valence-corrected chi connectivity index (χ4v) is 2.36. The summed E-state index contributed by atoms with van der Waals surface area (Å²) in [5, 5.41) is 2.87. The highest BCUT2D eigenvalue weighted by Gasteiger charge is 2.24. The summed E-state index contributed by atoms with van der Waals surface area (Å²) in [5.41, 5.74) is 0.792. The molecule has 1 aliphatic heterocycles. The van der Waals surface area contributed by atoms with Crippen molar-refractivity contribution in [3.63, 3.8) is 0 Å². The molecule has 0 aliphatic carbocycles. The van der Waals surface area contributed by atoms with E-state index in [4.69, 9.17) is 0 Å². The second-order valence-corrected chi connectivity index (χ2v) is 5.76. The predicted octanol–water partition coefficient (Wildman–Crippen LogP) is 2.41. The van der Waals surface area contributed by atoms with Gasteiger partial charge in [-0.25, -0.2) is 4.79 Å². The third-order valence-corrected chi connectivity index (χ3v) is 3.53. The van der Waals surface area contributed by atoms with Gasteiger partial charge in [0, 0.05) is 38.3 Å². The van der Waals surface area contributed by atoms with Crippen LogP contribution < -0.4 is 5.32 Å². The van der Waals surface area contributed by atoms with Crippen LogP contribution in [0.4, 0.5) is 10.5 Å². The van der Waals surface area contributed by atoms with Gasteiger partial charge >= 0.3 is 6.03 Å². The van der Waals surface area contributed by atoms with E-state index in [2.05, 4.69) is 5.32 Å². The molecule has 5 nitrogen and oxygen atoms in total. The second-order valence-electron chi connectivity index (χ2n) is 5.76. The lowest BCUT2D eigenvalue weighted by Crippen LogP contribution is -2.51. The first-order valence-electron chi connectivity index (χ1n) is 7.45. The average molecular weight is 289 g/mol. The van der Waals surface area contributed by atoms with Crippen molar-refractivity contribution >= 4 is 17.6 Å². The molecule has 2 rings (SSSR count). The molecule has 0 atom stereocenters. The molecule has 0 unspecified atom stereocenters. The van der Waals surface area contributed by atoms with Crippen molar-refractivity contribution in [2.45, 2.75) is 20.3 Å². The van der Waals surface area contributed by atoms with E-state index in [-0.39, 0.29) is 11.9 Å². The lowest BCUT2D eigenvalue weighted by molar-refractivity contribution is -0.133. The topological polar surface area (TPSA) is 52.7 Å². The van der Waals surface area contributed by atoms with Gasteiger partial charge in [0.15, 0.2) is 0 Å². The standard InChI is InChI=1S/C16H23N3O2/c1-13(2)12-15(20)18-8-10-19(11-9-18)16(21)17-14-6-4-3-5-7-14/h3-7,13H,8-12H2,1-2H3,(H,17,21). The summed E-state index contributed by atoms with van der Waals surface area (Å²) in [5.74, 6) is 0.560. The van der Waals surface area contributed by atoms with Gasteiger partial charge in [0.25, 0.3) is 0 Å². The SMILES string of the molecule is CC(C)CC(=O)N1CCN(C(=O)Nc2ccccc2)CC1. The van der Waals surface area contributed by atoms with Crippen molar-refractivity contribution in [2.24, 2.45) is 5.92 Å². The third kappa shape index (κ3) is 4.48. The highest BCUT2D eigenvalue weighted by atomic mass is 16.2. The minimum atomic E-state index is -0.0999. The van der Waals surface area contributed by atoms with Crippen LogP contribution in [0.2, 0.25) is 0 Å². The highest BCUT2D eigenvalue weighted by molar-refractivity contribution is 5.89. The minimum Gasteiger partial charge on any atom is -0.339 e. The van der Waals surface area contributed by atoms with Crippen LogP contribution in [0.5, 0.6) is 0 Å². The Bertz CT molecular complexity index is 480. The van der Waals surface area contributed by atoms with E-state index in [1.165, 1.54) is 0 Å². The quantitative estimate of drug-likeness (QED) is 0.929. The van der Waals surface area contributed by atoms with Crippen LogP contribution in [-0.2, 0) is 4.79 Å². The van der Waals surface area contributed by atoms with Gasteiger partial charge in [-0.3, -0.25) is 4.79 Å². The average Bonchev–Trinajstić information content (AvgIpc) is 2.47. The third-order valence-electron chi connectivity index (χ3n) is 3.53. The number of carbonyl (C=O) groups excluding carboxylic acids is 2. The lowest BCUT2D eigenvalue weighted by atomic mass is 10.1. The van der Waals surface area contributed by atoms with Gasteiger partial charge in [-0.15, -0.1) is 0 Å². The fourth-order valence-electron chi connectivity index (χ4n) is 2.36. The molecule has 0 saturated carbocycles. The van der Waals surface area contributed by atoms with Crippen LogP contribution in [0.1, 0.15) is 20.3 Å². The molecule has 0 aromatic heterocycles. The Morgan fingerprint density at radius 2 is 1.62 bits per heavy atom. The molecule has 0 spiro atoms. The summed E-state index contributed by atoms with van der Waals surface area (Å²) >= 11 is 0. The largest absolute Gasteiger partial charge is 0.339 e. The first-order valence-corrected chi connectivity index (χ1v) is 7.45. The summed E-state index contributed by atoms with van der Waals surface area (Å²) in [6, 6.07) is 9.31. The van der Waals surface area contributed by atoms with Crippen LogP contribution in [-0.4, -0.2) is 47.9 Å². The van der Waals surface area contributed by atoms with Gasteiger partial charge in [-0.2, -0.15) is 0 Å². The molecular weight excluding hydrogens is 266 g/mol. The van der Waals surface area contributed by atoms with Crippen molar-refractivity contribution in [3.8, 4) is 0 Å². The first-order chi connectivity index (χ1) is 10.1. The number of amides is 3. The van der Waals surface area contributed by atoms with Crippen LogP contribution in [0.25, 0.3) is 0 Å². The van der Waals surface area contributed by atoms with Crippen molar-refractivity contribution in [1.82, 2.24) is 9.80 Å². The number of rotatable bonds is 3. The molecule has 5 heteroatoms. The van der Waals surface area contributed by atoms with Crippen molar-refractivity contribution < 1.29 is 9.59 Å².